The summed E-state index contributed by atoms with van der Waals surface area (Å²) in [6, 6.07) is 6.17. The zero-order chi connectivity index (χ0) is 17.3. The third-order valence-electron chi connectivity index (χ3n) is 3.83. The average molecular weight is 330 g/mol. The van der Waals surface area contributed by atoms with Crippen LogP contribution in [0.3, 0.4) is 0 Å². The van der Waals surface area contributed by atoms with E-state index >= 15 is 0 Å². The van der Waals surface area contributed by atoms with Crippen LogP contribution in [0.5, 0.6) is 0 Å². The molecule has 0 aliphatic heterocycles. The third kappa shape index (κ3) is 2.95. The summed E-state index contributed by atoms with van der Waals surface area (Å²) in [6.45, 7) is 8.61. The Kier molecular flexibility index (Phi) is 3.97. The molecule has 3 aromatic rings. The molecule has 3 rings (SSSR count). The van der Waals surface area contributed by atoms with Crippen molar-refractivity contribution in [3.8, 4) is 0 Å². The van der Waals surface area contributed by atoms with E-state index in [0.29, 0.717) is 22.2 Å². The SMILES string of the molecule is [C-]#[N+]Cc1cnc2ccc([C@H](c3nc[nH]c3C)C(F)(F)F)cc2c1. The van der Waals surface area contributed by atoms with Crippen molar-refractivity contribution < 1.29 is 13.2 Å². The number of benzene rings is 1. The topological polar surface area (TPSA) is 45.9 Å². The lowest BCUT2D eigenvalue weighted by Crippen LogP contribution is -2.23. The molecule has 0 unspecified atom stereocenters. The van der Waals surface area contributed by atoms with Gasteiger partial charge in [0.05, 0.1) is 17.5 Å². The standard InChI is InChI=1S/C17H13F3N4/c1-10-16(24-9-23-10)15(17(18,19)20)12-3-4-14-13(6-12)5-11(7-21-2)8-22-14/h3-6,8-9,15H,7H2,1H3,(H,23,24)/t15-/m1/s1. The minimum absolute atomic E-state index is 0.0351. The molecule has 0 spiro atoms. The van der Waals surface area contributed by atoms with E-state index in [1.165, 1.54) is 18.5 Å². The Balaban J connectivity index is 2.14. The van der Waals surface area contributed by atoms with Crippen LogP contribution in [0.4, 0.5) is 13.2 Å². The first-order chi connectivity index (χ1) is 11.4. The highest BCUT2D eigenvalue weighted by molar-refractivity contribution is 5.80. The fourth-order valence-corrected chi connectivity index (χ4v) is 2.72. The second kappa shape index (κ2) is 5.96. The first-order valence-electron chi connectivity index (χ1n) is 7.18. The van der Waals surface area contributed by atoms with Gasteiger partial charge >= 0.3 is 6.18 Å². The molecule has 0 aliphatic carbocycles. The number of hydrogen-bond acceptors (Lipinski definition) is 2. The molecule has 1 N–H and O–H groups in total. The summed E-state index contributed by atoms with van der Waals surface area (Å²) in [5.41, 5.74) is 1.72. The molecule has 24 heavy (non-hydrogen) atoms. The van der Waals surface area contributed by atoms with Crippen LogP contribution < -0.4 is 0 Å². The molecule has 0 saturated heterocycles. The average Bonchev–Trinajstić information content (AvgIpc) is 2.92. The van der Waals surface area contributed by atoms with Gasteiger partial charge in [-0.1, -0.05) is 6.07 Å². The van der Waals surface area contributed by atoms with Gasteiger partial charge in [-0.2, -0.15) is 13.2 Å². The van der Waals surface area contributed by atoms with Gasteiger partial charge in [0.25, 0.3) is 0 Å². The van der Waals surface area contributed by atoms with Crippen LogP contribution in [0.25, 0.3) is 15.7 Å². The number of halogens is 3. The van der Waals surface area contributed by atoms with E-state index in [-0.39, 0.29) is 17.8 Å². The van der Waals surface area contributed by atoms with Crippen molar-refractivity contribution in [1.82, 2.24) is 15.0 Å². The molecule has 0 amide bonds. The Morgan fingerprint density at radius 2 is 2.04 bits per heavy atom. The lowest BCUT2D eigenvalue weighted by molar-refractivity contribution is -0.141. The van der Waals surface area contributed by atoms with E-state index in [9.17, 15) is 13.2 Å². The van der Waals surface area contributed by atoms with Crippen LogP contribution in [0.1, 0.15) is 28.4 Å². The number of rotatable bonds is 3. The molecule has 2 heterocycles. The van der Waals surface area contributed by atoms with Gasteiger partial charge < -0.3 is 9.83 Å². The van der Waals surface area contributed by atoms with Gasteiger partial charge in [-0.3, -0.25) is 4.98 Å². The Labute approximate surface area is 136 Å². The summed E-state index contributed by atoms with van der Waals surface area (Å²) < 4.78 is 40.9. The van der Waals surface area contributed by atoms with Crippen LogP contribution in [-0.2, 0) is 6.54 Å². The van der Waals surface area contributed by atoms with E-state index in [0.717, 1.165) is 0 Å². The first kappa shape index (κ1) is 16.0. The molecule has 0 radical (unpaired) electrons. The summed E-state index contributed by atoms with van der Waals surface area (Å²) in [4.78, 5) is 14.0. The summed E-state index contributed by atoms with van der Waals surface area (Å²) in [5.74, 6) is -1.81. The Bertz CT molecular complexity index is 921. The lowest BCUT2D eigenvalue weighted by Gasteiger charge is -2.20. The van der Waals surface area contributed by atoms with Crippen molar-refractivity contribution in [2.45, 2.75) is 25.6 Å². The van der Waals surface area contributed by atoms with Crippen LogP contribution >= 0.6 is 0 Å². The summed E-state index contributed by atoms with van der Waals surface area (Å²) in [6.07, 6.45) is -1.63. The van der Waals surface area contributed by atoms with Crippen molar-refractivity contribution in [3.05, 3.63) is 70.7 Å². The van der Waals surface area contributed by atoms with Gasteiger partial charge in [-0.05, 0) is 30.7 Å². The highest BCUT2D eigenvalue weighted by Gasteiger charge is 2.44. The molecule has 7 heteroatoms. The fourth-order valence-electron chi connectivity index (χ4n) is 2.72. The maximum Gasteiger partial charge on any atom is 0.401 e. The highest BCUT2D eigenvalue weighted by atomic mass is 19.4. The quantitative estimate of drug-likeness (QED) is 0.724. The fraction of sp³-hybridized carbons (Fsp3) is 0.235. The molecular formula is C17H13F3N4. The van der Waals surface area contributed by atoms with Crippen molar-refractivity contribution in [1.29, 1.82) is 0 Å². The van der Waals surface area contributed by atoms with Crippen LogP contribution in [0, 0.1) is 13.5 Å². The number of aromatic nitrogens is 3. The van der Waals surface area contributed by atoms with Crippen LogP contribution in [0.15, 0.2) is 36.8 Å². The molecule has 122 valence electrons. The number of fused-ring (bicyclic) bond motifs is 1. The maximum absolute atomic E-state index is 13.6. The number of aromatic amines is 1. The number of imidazole rings is 1. The largest absolute Gasteiger partial charge is 0.401 e. The Morgan fingerprint density at radius 3 is 2.67 bits per heavy atom. The van der Waals surface area contributed by atoms with Gasteiger partial charge in [0.2, 0.25) is 6.54 Å². The number of nitrogens with zero attached hydrogens (tertiary/aromatic N) is 3. The molecule has 0 aliphatic rings. The number of alkyl halides is 3. The molecule has 1 aromatic carbocycles. The highest BCUT2D eigenvalue weighted by Crippen LogP contribution is 2.40. The second-order valence-corrected chi connectivity index (χ2v) is 5.50. The zero-order valence-electron chi connectivity index (χ0n) is 12.7. The smallest absolute Gasteiger partial charge is 0.348 e. The molecule has 0 bridgehead atoms. The molecule has 2 aromatic heterocycles. The predicted octanol–water partition coefficient (Wildman–Crippen LogP) is 4.38. The zero-order valence-corrected chi connectivity index (χ0v) is 12.7. The molecule has 4 nitrogen and oxygen atoms in total. The minimum atomic E-state index is -4.46. The summed E-state index contributed by atoms with van der Waals surface area (Å²) in [7, 11) is 0. The number of nitrogens with one attached hydrogen (secondary N) is 1. The molecular weight excluding hydrogens is 317 g/mol. The van der Waals surface area contributed by atoms with E-state index in [2.05, 4.69) is 19.8 Å². The van der Waals surface area contributed by atoms with Crippen molar-refractivity contribution in [2.24, 2.45) is 0 Å². The maximum atomic E-state index is 13.6. The van der Waals surface area contributed by atoms with Crippen molar-refractivity contribution in [3.63, 3.8) is 0 Å². The third-order valence-corrected chi connectivity index (χ3v) is 3.83. The van der Waals surface area contributed by atoms with E-state index in [1.54, 1.807) is 25.3 Å². The number of H-pyrrole nitrogens is 1. The normalized spacial score (nSPS) is 13.0. The molecule has 0 fully saturated rings. The number of hydrogen-bond donors (Lipinski definition) is 1. The van der Waals surface area contributed by atoms with Gasteiger partial charge in [-0.25, -0.2) is 11.6 Å². The van der Waals surface area contributed by atoms with E-state index in [1.807, 2.05) is 0 Å². The van der Waals surface area contributed by atoms with E-state index < -0.39 is 12.1 Å². The second-order valence-electron chi connectivity index (χ2n) is 5.50. The van der Waals surface area contributed by atoms with Crippen LogP contribution in [0.2, 0.25) is 0 Å². The van der Waals surface area contributed by atoms with Gasteiger partial charge in [-0.15, -0.1) is 0 Å². The summed E-state index contributed by atoms with van der Waals surface area (Å²) >= 11 is 0. The van der Waals surface area contributed by atoms with Gasteiger partial charge in [0.15, 0.2) is 0 Å². The number of pyridine rings is 1. The van der Waals surface area contributed by atoms with Gasteiger partial charge in [0.1, 0.15) is 5.92 Å². The van der Waals surface area contributed by atoms with Crippen LogP contribution in [-0.4, -0.2) is 21.1 Å². The molecule has 0 saturated carbocycles. The number of aryl methyl sites for hydroxylation is 1. The predicted molar refractivity (Wildman–Crippen MR) is 83.3 cm³/mol. The van der Waals surface area contributed by atoms with Gasteiger partial charge in [0, 0.05) is 22.8 Å². The lowest BCUT2D eigenvalue weighted by atomic mass is 9.92. The monoisotopic (exact) mass is 330 g/mol. The van der Waals surface area contributed by atoms with E-state index in [4.69, 9.17) is 6.57 Å². The first-order valence-corrected chi connectivity index (χ1v) is 7.18. The Hall–Kier alpha value is -2.88. The van der Waals surface area contributed by atoms with Crippen molar-refractivity contribution in [2.75, 3.05) is 0 Å². The van der Waals surface area contributed by atoms with Crippen molar-refractivity contribution >= 4 is 10.9 Å². The molecule has 1 atom stereocenters. The summed E-state index contributed by atoms with van der Waals surface area (Å²) in [5, 5.41) is 0.580. The minimum Gasteiger partial charge on any atom is -0.348 e. The Morgan fingerprint density at radius 1 is 1.25 bits per heavy atom.